The van der Waals surface area contributed by atoms with Crippen molar-refractivity contribution in [2.45, 2.75) is 38.1 Å². The van der Waals surface area contributed by atoms with Gasteiger partial charge in [0.1, 0.15) is 5.82 Å². The molecule has 1 aromatic rings. The molecule has 20 heavy (non-hydrogen) atoms. The van der Waals surface area contributed by atoms with Gasteiger partial charge in [-0.3, -0.25) is 4.90 Å². The second-order valence-electron chi connectivity index (χ2n) is 6.82. The Hall–Kier alpha value is -1.09. The van der Waals surface area contributed by atoms with E-state index in [-0.39, 0.29) is 0 Å². The number of fused-ring (bicyclic) bond motifs is 2. The topological polar surface area (TPSA) is 19.4 Å². The fourth-order valence-corrected chi connectivity index (χ4v) is 4.59. The highest BCUT2D eigenvalue weighted by Gasteiger charge is 2.39. The lowest BCUT2D eigenvalue weighted by Gasteiger charge is -2.50. The summed E-state index contributed by atoms with van der Waals surface area (Å²) in [6.07, 6.45) is 9.25. The Kier molecular flexibility index (Phi) is 3.39. The zero-order valence-corrected chi connectivity index (χ0v) is 12.2. The third-order valence-corrected chi connectivity index (χ3v) is 5.69. The molecule has 0 amide bonds. The monoisotopic (exact) mass is 271 g/mol. The molecule has 1 saturated carbocycles. The van der Waals surface area contributed by atoms with Gasteiger partial charge in [0.15, 0.2) is 0 Å². The maximum Gasteiger partial charge on any atom is 0.128 e. The summed E-state index contributed by atoms with van der Waals surface area (Å²) in [5.74, 6) is 3.17. The van der Waals surface area contributed by atoms with Crippen molar-refractivity contribution in [2.24, 2.45) is 11.8 Å². The van der Waals surface area contributed by atoms with Crippen LogP contribution in [0.3, 0.4) is 0 Å². The minimum atomic E-state index is 0.769. The van der Waals surface area contributed by atoms with Crippen LogP contribution in [-0.4, -0.2) is 42.1 Å². The average molecular weight is 271 g/mol. The zero-order chi connectivity index (χ0) is 13.4. The summed E-state index contributed by atoms with van der Waals surface area (Å²) in [6, 6.07) is 7.03. The van der Waals surface area contributed by atoms with Gasteiger partial charge in [0.2, 0.25) is 0 Å². The minimum absolute atomic E-state index is 0.769. The molecule has 1 aromatic heterocycles. The van der Waals surface area contributed by atoms with Gasteiger partial charge in [0.25, 0.3) is 0 Å². The van der Waals surface area contributed by atoms with Crippen LogP contribution in [0.1, 0.15) is 32.1 Å². The van der Waals surface area contributed by atoms with Crippen LogP contribution in [0, 0.1) is 11.8 Å². The van der Waals surface area contributed by atoms with Crippen molar-refractivity contribution in [1.29, 1.82) is 0 Å². The molecule has 3 unspecified atom stereocenters. The van der Waals surface area contributed by atoms with Crippen LogP contribution < -0.4 is 4.90 Å². The molecule has 0 aromatic carbocycles. The first-order chi connectivity index (χ1) is 9.90. The summed E-state index contributed by atoms with van der Waals surface area (Å²) < 4.78 is 0. The summed E-state index contributed by atoms with van der Waals surface area (Å²) in [5, 5.41) is 0. The van der Waals surface area contributed by atoms with E-state index in [9.17, 15) is 0 Å². The van der Waals surface area contributed by atoms with Crippen LogP contribution in [-0.2, 0) is 0 Å². The molecular formula is C17H25N3. The van der Waals surface area contributed by atoms with E-state index in [1.807, 2.05) is 12.3 Å². The Bertz CT molecular complexity index is 447. The van der Waals surface area contributed by atoms with Crippen LogP contribution in [0.5, 0.6) is 0 Å². The van der Waals surface area contributed by atoms with Crippen molar-refractivity contribution < 1.29 is 0 Å². The van der Waals surface area contributed by atoms with Crippen molar-refractivity contribution >= 4 is 5.82 Å². The molecule has 4 rings (SSSR count). The van der Waals surface area contributed by atoms with E-state index in [1.54, 1.807) is 0 Å². The van der Waals surface area contributed by atoms with E-state index in [1.165, 1.54) is 51.7 Å². The van der Waals surface area contributed by atoms with Crippen LogP contribution in [0.25, 0.3) is 0 Å². The lowest BCUT2D eigenvalue weighted by Crippen LogP contribution is -2.58. The number of aromatic nitrogens is 1. The molecule has 0 spiro atoms. The first-order valence-electron chi connectivity index (χ1n) is 8.30. The van der Waals surface area contributed by atoms with Gasteiger partial charge in [-0.1, -0.05) is 25.3 Å². The molecule has 3 heteroatoms. The summed E-state index contributed by atoms with van der Waals surface area (Å²) in [4.78, 5) is 9.79. The Morgan fingerprint density at radius 2 is 1.90 bits per heavy atom. The maximum absolute atomic E-state index is 4.53. The van der Waals surface area contributed by atoms with Crippen molar-refractivity contribution in [3.05, 3.63) is 24.4 Å². The third-order valence-electron chi connectivity index (χ3n) is 5.69. The smallest absolute Gasteiger partial charge is 0.128 e. The van der Waals surface area contributed by atoms with Gasteiger partial charge in [-0.05, 0) is 36.8 Å². The lowest BCUT2D eigenvalue weighted by atomic mass is 9.72. The molecule has 2 saturated heterocycles. The highest BCUT2D eigenvalue weighted by Crippen LogP contribution is 2.39. The van der Waals surface area contributed by atoms with Gasteiger partial charge < -0.3 is 4.90 Å². The van der Waals surface area contributed by atoms with E-state index >= 15 is 0 Å². The van der Waals surface area contributed by atoms with Crippen LogP contribution >= 0.6 is 0 Å². The Labute approximate surface area is 122 Å². The zero-order valence-electron chi connectivity index (χ0n) is 12.2. The van der Waals surface area contributed by atoms with Gasteiger partial charge >= 0.3 is 0 Å². The molecule has 3 nitrogen and oxygen atoms in total. The number of piperazine rings is 1. The molecule has 3 fully saturated rings. The van der Waals surface area contributed by atoms with E-state index in [0.717, 1.165) is 30.2 Å². The standard InChI is InChI=1S/C17H25N3/c1-2-6-15-12-19-9-10-20(17-7-3-4-8-18-17)13-16(19)11-14(15)5-1/h3-4,7-8,14-16H,1-2,5-6,9-13H2. The summed E-state index contributed by atoms with van der Waals surface area (Å²) >= 11 is 0. The second kappa shape index (κ2) is 5.36. The first kappa shape index (κ1) is 12.6. The maximum atomic E-state index is 4.53. The fourth-order valence-electron chi connectivity index (χ4n) is 4.59. The predicted octanol–water partition coefficient (Wildman–Crippen LogP) is 2.78. The molecule has 0 radical (unpaired) electrons. The SMILES string of the molecule is c1ccc(N2CCN3CC4CCCCC4CC3C2)nc1. The van der Waals surface area contributed by atoms with E-state index < -0.39 is 0 Å². The van der Waals surface area contributed by atoms with Gasteiger partial charge in [-0.25, -0.2) is 4.98 Å². The number of piperidine rings is 1. The Balaban J connectivity index is 1.46. The van der Waals surface area contributed by atoms with Gasteiger partial charge in [-0.2, -0.15) is 0 Å². The average Bonchev–Trinajstić information content (AvgIpc) is 2.53. The fraction of sp³-hybridized carbons (Fsp3) is 0.706. The molecular weight excluding hydrogens is 246 g/mol. The normalized spacial score (nSPS) is 34.4. The third kappa shape index (κ3) is 2.32. The van der Waals surface area contributed by atoms with Gasteiger partial charge in [0.05, 0.1) is 0 Å². The lowest BCUT2D eigenvalue weighted by molar-refractivity contribution is 0.0319. The van der Waals surface area contributed by atoms with Crippen LogP contribution in [0.4, 0.5) is 5.82 Å². The Morgan fingerprint density at radius 1 is 1.00 bits per heavy atom. The number of hydrogen-bond acceptors (Lipinski definition) is 3. The van der Waals surface area contributed by atoms with Gasteiger partial charge in [0, 0.05) is 38.4 Å². The number of rotatable bonds is 1. The summed E-state index contributed by atoms with van der Waals surface area (Å²) in [5.41, 5.74) is 0. The molecule has 2 aliphatic heterocycles. The van der Waals surface area contributed by atoms with Crippen molar-refractivity contribution in [2.75, 3.05) is 31.1 Å². The van der Waals surface area contributed by atoms with Crippen molar-refractivity contribution in [3.8, 4) is 0 Å². The largest absolute Gasteiger partial charge is 0.354 e. The van der Waals surface area contributed by atoms with Crippen LogP contribution in [0.15, 0.2) is 24.4 Å². The van der Waals surface area contributed by atoms with E-state index in [4.69, 9.17) is 0 Å². The molecule has 3 aliphatic rings. The molecule has 1 aliphatic carbocycles. The Morgan fingerprint density at radius 3 is 2.75 bits per heavy atom. The van der Waals surface area contributed by atoms with Gasteiger partial charge in [-0.15, -0.1) is 0 Å². The summed E-state index contributed by atoms with van der Waals surface area (Å²) in [7, 11) is 0. The molecule has 3 atom stereocenters. The number of anilines is 1. The molecule has 108 valence electrons. The highest BCUT2D eigenvalue weighted by molar-refractivity contribution is 5.38. The van der Waals surface area contributed by atoms with Crippen LogP contribution in [0.2, 0.25) is 0 Å². The summed E-state index contributed by atoms with van der Waals surface area (Å²) in [6.45, 7) is 4.92. The van der Waals surface area contributed by atoms with Crippen molar-refractivity contribution in [1.82, 2.24) is 9.88 Å². The first-order valence-corrected chi connectivity index (χ1v) is 8.30. The van der Waals surface area contributed by atoms with E-state index in [2.05, 4.69) is 26.9 Å². The quantitative estimate of drug-likeness (QED) is 0.783. The predicted molar refractivity (Wildman–Crippen MR) is 81.9 cm³/mol. The van der Waals surface area contributed by atoms with E-state index in [0.29, 0.717) is 0 Å². The molecule has 0 N–H and O–H groups in total. The number of hydrogen-bond donors (Lipinski definition) is 0. The highest BCUT2D eigenvalue weighted by atomic mass is 15.3. The molecule has 0 bridgehead atoms. The molecule has 3 heterocycles. The number of pyridine rings is 1. The second-order valence-corrected chi connectivity index (χ2v) is 6.82. The minimum Gasteiger partial charge on any atom is -0.354 e. The number of nitrogens with zero attached hydrogens (tertiary/aromatic N) is 3. The van der Waals surface area contributed by atoms with Crippen molar-refractivity contribution in [3.63, 3.8) is 0 Å².